The highest BCUT2D eigenvalue weighted by Crippen LogP contribution is 2.19. The predicted molar refractivity (Wildman–Crippen MR) is 93.0 cm³/mol. The Balaban J connectivity index is 1.42. The van der Waals surface area contributed by atoms with Gasteiger partial charge in [0.1, 0.15) is 5.75 Å². The van der Waals surface area contributed by atoms with Crippen LogP contribution in [0.4, 0.5) is 0 Å². The van der Waals surface area contributed by atoms with E-state index in [0.29, 0.717) is 5.88 Å². The Morgan fingerprint density at radius 2 is 1.78 bits per heavy atom. The van der Waals surface area contributed by atoms with Crippen molar-refractivity contribution in [1.29, 1.82) is 0 Å². The number of aromatic nitrogens is 1. The van der Waals surface area contributed by atoms with Crippen LogP contribution in [0.3, 0.4) is 0 Å². The fraction of sp³-hybridized carbons (Fsp3) is 0.421. The summed E-state index contributed by atoms with van der Waals surface area (Å²) in [7, 11) is 2.20. The molecule has 0 unspecified atom stereocenters. The van der Waals surface area contributed by atoms with E-state index in [1.54, 1.807) is 6.20 Å². The van der Waals surface area contributed by atoms with Crippen LogP contribution in [0.5, 0.6) is 11.6 Å². The van der Waals surface area contributed by atoms with E-state index in [2.05, 4.69) is 34.0 Å². The lowest BCUT2D eigenvalue weighted by atomic mass is 10.1. The zero-order valence-electron chi connectivity index (χ0n) is 13.8. The minimum absolute atomic E-state index is 0.635. The summed E-state index contributed by atoms with van der Waals surface area (Å²) in [6.07, 6.45) is 4.07. The third-order valence-corrected chi connectivity index (χ3v) is 4.32. The SMILES string of the molecule is CN1CCN(CCCc2ccc(Oc3ccccn3)cc2)CC1. The van der Waals surface area contributed by atoms with E-state index in [1.807, 2.05) is 30.3 Å². The Labute approximate surface area is 138 Å². The summed E-state index contributed by atoms with van der Waals surface area (Å²) in [5.74, 6) is 1.47. The van der Waals surface area contributed by atoms with Crippen molar-refractivity contribution in [2.75, 3.05) is 39.8 Å². The lowest BCUT2D eigenvalue weighted by Gasteiger charge is -2.32. The summed E-state index contributed by atoms with van der Waals surface area (Å²) in [6, 6.07) is 14.0. The fourth-order valence-corrected chi connectivity index (χ4v) is 2.83. The molecule has 0 N–H and O–H groups in total. The Bertz CT molecular complexity index is 577. The standard InChI is InChI=1S/C19H25N3O/c1-21-13-15-22(16-14-21)12-4-5-17-7-9-18(10-8-17)23-19-6-2-3-11-20-19/h2-3,6-11H,4-5,12-16H2,1H3. The molecular formula is C19H25N3O. The third-order valence-electron chi connectivity index (χ3n) is 4.32. The van der Waals surface area contributed by atoms with Crippen molar-refractivity contribution in [3.63, 3.8) is 0 Å². The van der Waals surface area contributed by atoms with Gasteiger partial charge >= 0.3 is 0 Å². The van der Waals surface area contributed by atoms with E-state index in [0.717, 1.165) is 12.2 Å². The van der Waals surface area contributed by atoms with Gasteiger partial charge in [0.2, 0.25) is 5.88 Å². The number of rotatable bonds is 6. The van der Waals surface area contributed by atoms with E-state index in [9.17, 15) is 0 Å². The summed E-state index contributed by atoms with van der Waals surface area (Å²) in [5, 5.41) is 0. The van der Waals surface area contributed by atoms with E-state index in [1.165, 1.54) is 44.7 Å². The zero-order valence-corrected chi connectivity index (χ0v) is 13.8. The molecule has 0 bridgehead atoms. The molecule has 4 nitrogen and oxygen atoms in total. The van der Waals surface area contributed by atoms with Crippen molar-refractivity contribution in [3.8, 4) is 11.6 Å². The molecule has 1 aliphatic rings. The van der Waals surface area contributed by atoms with Crippen molar-refractivity contribution < 1.29 is 4.74 Å². The molecule has 1 aliphatic heterocycles. The number of aryl methyl sites for hydroxylation is 1. The van der Waals surface area contributed by atoms with E-state index in [4.69, 9.17) is 4.74 Å². The Morgan fingerprint density at radius 3 is 2.48 bits per heavy atom. The second-order valence-electron chi connectivity index (χ2n) is 6.16. The van der Waals surface area contributed by atoms with Gasteiger partial charge < -0.3 is 14.5 Å². The van der Waals surface area contributed by atoms with Crippen molar-refractivity contribution in [2.45, 2.75) is 12.8 Å². The van der Waals surface area contributed by atoms with Crippen LogP contribution in [-0.2, 0) is 6.42 Å². The molecule has 1 saturated heterocycles. The molecule has 122 valence electrons. The highest BCUT2D eigenvalue weighted by molar-refractivity contribution is 5.30. The molecule has 0 radical (unpaired) electrons. The highest BCUT2D eigenvalue weighted by atomic mass is 16.5. The van der Waals surface area contributed by atoms with E-state index < -0.39 is 0 Å². The van der Waals surface area contributed by atoms with Gasteiger partial charge in [0.15, 0.2) is 0 Å². The molecule has 0 saturated carbocycles. The average molecular weight is 311 g/mol. The van der Waals surface area contributed by atoms with Gasteiger partial charge in [-0.05, 0) is 50.2 Å². The molecule has 3 rings (SSSR count). The van der Waals surface area contributed by atoms with Gasteiger partial charge in [-0.1, -0.05) is 18.2 Å². The van der Waals surface area contributed by atoms with Crippen LogP contribution in [0.1, 0.15) is 12.0 Å². The van der Waals surface area contributed by atoms with Crippen molar-refractivity contribution in [2.24, 2.45) is 0 Å². The van der Waals surface area contributed by atoms with Crippen molar-refractivity contribution in [3.05, 3.63) is 54.2 Å². The lowest BCUT2D eigenvalue weighted by Crippen LogP contribution is -2.44. The Kier molecular flexibility index (Phi) is 5.61. The molecule has 1 fully saturated rings. The van der Waals surface area contributed by atoms with Crippen LogP contribution in [0.25, 0.3) is 0 Å². The van der Waals surface area contributed by atoms with Crippen LogP contribution < -0.4 is 4.74 Å². The quantitative estimate of drug-likeness (QED) is 0.820. The predicted octanol–water partition coefficient (Wildman–Crippen LogP) is 3.05. The van der Waals surface area contributed by atoms with Gasteiger partial charge in [0.25, 0.3) is 0 Å². The lowest BCUT2D eigenvalue weighted by molar-refractivity contribution is 0.153. The number of ether oxygens (including phenoxy) is 1. The van der Waals surface area contributed by atoms with Crippen molar-refractivity contribution in [1.82, 2.24) is 14.8 Å². The van der Waals surface area contributed by atoms with Gasteiger partial charge in [-0.2, -0.15) is 0 Å². The molecule has 0 atom stereocenters. The van der Waals surface area contributed by atoms with Gasteiger partial charge in [0, 0.05) is 38.4 Å². The largest absolute Gasteiger partial charge is 0.439 e. The van der Waals surface area contributed by atoms with Crippen LogP contribution in [0.15, 0.2) is 48.7 Å². The number of hydrogen-bond donors (Lipinski definition) is 0. The maximum atomic E-state index is 5.72. The van der Waals surface area contributed by atoms with Crippen LogP contribution in [0.2, 0.25) is 0 Å². The second kappa shape index (κ2) is 8.09. The molecule has 0 aliphatic carbocycles. The summed E-state index contributed by atoms with van der Waals surface area (Å²) in [6.45, 7) is 5.99. The smallest absolute Gasteiger partial charge is 0.219 e. The third kappa shape index (κ3) is 5.05. The topological polar surface area (TPSA) is 28.6 Å². The maximum absolute atomic E-state index is 5.72. The van der Waals surface area contributed by atoms with Gasteiger partial charge in [-0.25, -0.2) is 4.98 Å². The van der Waals surface area contributed by atoms with E-state index in [-0.39, 0.29) is 0 Å². The number of nitrogens with zero attached hydrogens (tertiary/aromatic N) is 3. The molecule has 1 aromatic carbocycles. The molecule has 23 heavy (non-hydrogen) atoms. The monoisotopic (exact) mass is 311 g/mol. The van der Waals surface area contributed by atoms with Crippen molar-refractivity contribution >= 4 is 0 Å². The van der Waals surface area contributed by atoms with Crippen LogP contribution in [0, 0.1) is 0 Å². The number of piperazine rings is 1. The average Bonchev–Trinajstić information content (AvgIpc) is 2.59. The molecule has 0 spiro atoms. The summed E-state index contributed by atoms with van der Waals surface area (Å²) in [4.78, 5) is 9.14. The second-order valence-corrected chi connectivity index (χ2v) is 6.16. The Morgan fingerprint density at radius 1 is 1.00 bits per heavy atom. The minimum Gasteiger partial charge on any atom is -0.439 e. The van der Waals surface area contributed by atoms with Crippen LogP contribution in [-0.4, -0.2) is 54.6 Å². The van der Waals surface area contributed by atoms with Gasteiger partial charge in [-0.15, -0.1) is 0 Å². The Hall–Kier alpha value is -1.91. The molecular weight excluding hydrogens is 286 g/mol. The molecule has 4 heteroatoms. The molecule has 1 aromatic heterocycles. The normalized spacial score (nSPS) is 16.4. The fourth-order valence-electron chi connectivity index (χ4n) is 2.83. The number of pyridine rings is 1. The molecule has 2 aromatic rings. The first-order valence-corrected chi connectivity index (χ1v) is 8.38. The van der Waals surface area contributed by atoms with Gasteiger partial charge in [0.05, 0.1) is 0 Å². The summed E-state index contributed by atoms with van der Waals surface area (Å²) in [5.41, 5.74) is 1.37. The maximum Gasteiger partial charge on any atom is 0.219 e. The number of hydrogen-bond acceptors (Lipinski definition) is 4. The number of benzene rings is 1. The first-order chi connectivity index (χ1) is 11.3. The molecule has 0 amide bonds. The van der Waals surface area contributed by atoms with Crippen LogP contribution >= 0.6 is 0 Å². The zero-order chi connectivity index (χ0) is 15.9. The summed E-state index contributed by atoms with van der Waals surface area (Å²) >= 11 is 0. The number of likely N-dealkylation sites (N-methyl/N-ethyl adjacent to an activating group) is 1. The minimum atomic E-state index is 0.635. The first-order valence-electron chi connectivity index (χ1n) is 8.38. The first kappa shape index (κ1) is 16.0. The van der Waals surface area contributed by atoms with E-state index >= 15 is 0 Å². The highest BCUT2D eigenvalue weighted by Gasteiger charge is 2.12. The van der Waals surface area contributed by atoms with Gasteiger partial charge in [-0.3, -0.25) is 0 Å². The summed E-state index contributed by atoms with van der Waals surface area (Å²) < 4.78 is 5.72. The molecule has 2 heterocycles.